The van der Waals surface area contributed by atoms with Crippen LogP contribution in [-0.2, 0) is 13.0 Å². The molecule has 0 unspecified atom stereocenters. The number of hydrogen-bond donors (Lipinski definition) is 2. The number of rotatable bonds is 4. The molecule has 0 fully saturated rings. The zero-order valence-corrected chi connectivity index (χ0v) is 8.51. The number of nitrogens with zero attached hydrogens (tertiary/aromatic N) is 4. The van der Waals surface area contributed by atoms with Gasteiger partial charge in [0.1, 0.15) is 11.5 Å². The Morgan fingerprint density at radius 3 is 3.14 bits per heavy atom. The van der Waals surface area contributed by atoms with E-state index in [4.69, 9.17) is 0 Å². The predicted molar refractivity (Wildman–Crippen MR) is 53.0 cm³/mol. The van der Waals surface area contributed by atoms with Crippen LogP contribution in [0.5, 0.6) is 0 Å². The summed E-state index contributed by atoms with van der Waals surface area (Å²) in [6.07, 6.45) is 2.54. The summed E-state index contributed by atoms with van der Waals surface area (Å²) in [5.74, 6) is 0.873. The van der Waals surface area contributed by atoms with E-state index in [0.29, 0.717) is 6.54 Å². The lowest BCUT2D eigenvalue weighted by molar-refractivity contribution is 0.909. The quantitative estimate of drug-likeness (QED) is 0.781. The Morgan fingerprint density at radius 1 is 1.57 bits per heavy atom. The van der Waals surface area contributed by atoms with Gasteiger partial charge in [-0.1, -0.05) is 6.92 Å². The lowest BCUT2D eigenvalue weighted by Gasteiger charge is -1.95. The van der Waals surface area contributed by atoms with Crippen molar-refractivity contribution in [2.24, 2.45) is 0 Å². The van der Waals surface area contributed by atoms with Crippen molar-refractivity contribution in [3.05, 3.63) is 17.7 Å². The fourth-order valence-electron chi connectivity index (χ4n) is 0.946. The molecule has 0 saturated carbocycles. The van der Waals surface area contributed by atoms with E-state index in [1.165, 1.54) is 11.5 Å². The Kier molecular flexibility index (Phi) is 2.68. The Morgan fingerprint density at radius 2 is 2.50 bits per heavy atom. The molecule has 7 heteroatoms. The van der Waals surface area contributed by atoms with Gasteiger partial charge in [0.25, 0.3) is 0 Å². The second-order valence-corrected chi connectivity index (χ2v) is 3.44. The summed E-state index contributed by atoms with van der Waals surface area (Å²) in [7, 11) is 0. The van der Waals surface area contributed by atoms with E-state index in [2.05, 4.69) is 30.1 Å². The molecule has 0 amide bonds. The summed E-state index contributed by atoms with van der Waals surface area (Å²) >= 11 is 1.37. The smallest absolute Gasteiger partial charge is 0.202 e. The molecule has 0 aliphatic rings. The van der Waals surface area contributed by atoms with Gasteiger partial charge in [-0.3, -0.25) is 0 Å². The molecule has 2 heterocycles. The van der Waals surface area contributed by atoms with Gasteiger partial charge < -0.3 is 5.32 Å². The first-order valence-corrected chi connectivity index (χ1v) is 5.07. The van der Waals surface area contributed by atoms with Crippen molar-refractivity contribution in [1.82, 2.24) is 24.8 Å². The van der Waals surface area contributed by atoms with E-state index in [0.717, 1.165) is 23.1 Å². The van der Waals surface area contributed by atoms with E-state index < -0.39 is 0 Å². The minimum Gasteiger partial charge on any atom is -0.354 e. The standard InChI is InChI=1S/C7H10N6S/c1-2-6-10-7(14-12-6)8-3-5-4-9-13-11-5/h4H,2-3H2,1H3,(H,8,10,12)(H,9,11,13). The first-order valence-electron chi connectivity index (χ1n) is 4.29. The molecule has 0 spiro atoms. The topological polar surface area (TPSA) is 79.4 Å². The number of aryl methyl sites for hydroxylation is 1. The molecule has 0 aromatic carbocycles. The predicted octanol–water partition coefficient (Wildman–Crippen LogP) is 0.831. The normalized spacial score (nSPS) is 10.4. The Labute approximate surface area is 84.9 Å². The van der Waals surface area contributed by atoms with Crippen LogP contribution in [0.4, 0.5) is 5.13 Å². The third-order valence-corrected chi connectivity index (χ3v) is 2.38. The van der Waals surface area contributed by atoms with E-state index >= 15 is 0 Å². The summed E-state index contributed by atoms with van der Waals surface area (Å²) < 4.78 is 4.16. The molecular formula is C7H10N6S. The van der Waals surface area contributed by atoms with E-state index in [9.17, 15) is 0 Å². The molecule has 0 saturated heterocycles. The maximum absolute atomic E-state index is 4.27. The van der Waals surface area contributed by atoms with Crippen LogP contribution in [0.1, 0.15) is 18.4 Å². The first-order chi connectivity index (χ1) is 6.88. The Bertz CT molecular complexity index is 381. The molecule has 74 valence electrons. The van der Waals surface area contributed by atoms with Crippen LogP contribution >= 0.6 is 11.5 Å². The summed E-state index contributed by atoms with van der Waals surface area (Å²) in [6, 6.07) is 0. The molecule has 0 radical (unpaired) electrons. The molecule has 14 heavy (non-hydrogen) atoms. The number of hydrogen-bond acceptors (Lipinski definition) is 6. The van der Waals surface area contributed by atoms with Crippen molar-refractivity contribution in [1.29, 1.82) is 0 Å². The van der Waals surface area contributed by atoms with Gasteiger partial charge in [-0.25, -0.2) is 4.98 Å². The summed E-state index contributed by atoms with van der Waals surface area (Å²) in [5, 5.41) is 14.1. The third kappa shape index (κ3) is 2.05. The van der Waals surface area contributed by atoms with Crippen LogP contribution < -0.4 is 5.32 Å². The van der Waals surface area contributed by atoms with Crippen LogP contribution in [0.15, 0.2) is 6.20 Å². The minimum atomic E-state index is 0.620. The van der Waals surface area contributed by atoms with Gasteiger partial charge in [0.15, 0.2) is 0 Å². The number of nitrogens with one attached hydrogen (secondary N) is 2. The highest BCUT2D eigenvalue weighted by atomic mass is 32.1. The van der Waals surface area contributed by atoms with E-state index in [-0.39, 0.29) is 0 Å². The van der Waals surface area contributed by atoms with Gasteiger partial charge in [0.2, 0.25) is 5.13 Å². The van der Waals surface area contributed by atoms with Gasteiger partial charge in [-0.15, -0.1) is 0 Å². The molecule has 0 aliphatic heterocycles. The van der Waals surface area contributed by atoms with Crippen molar-refractivity contribution in [3.63, 3.8) is 0 Å². The number of anilines is 1. The zero-order chi connectivity index (χ0) is 9.80. The van der Waals surface area contributed by atoms with Gasteiger partial charge in [0, 0.05) is 18.0 Å². The SMILES string of the molecule is CCc1nsc(NCc2cn[nH]n2)n1. The van der Waals surface area contributed by atoms with Gasteiger partial charge in [-0.2, -0.15) is 19.8 Å². The molecule has 2 rings (SSSR count). The van der Waals surface area contributed by atoms with Crippen molar-refractivity contribution >= 4 is 16.7 Å². The fourth-order valence-corrected chi connectivity index (χ4v) is 1.59. The van der Waals surface area contributed by atoms with E-state index in [1.807, 2.05) is 6.92 Å². The highest BCUT2D eigenvalue weighted by Gasteiger charge is 2.02. The van der Waals surface area contributed by atoms with Crippen LogP contribution in [0.2, 0.25) is 0 Å². The highest BCUT2D eigenvalue weighted by Crippen LogP contribution is 2.11. The van der Waals surface area contributed by atoms with Gasteiger partial charge in [0.05, 0.1) is 12.7 Å². The van der Waals surface area contributed by atoms with Crippen LogP contribution in [-0.4, -0.2) is 24.8 Å². The van der Waals surface area contributed by atoms with Crippen molar-refractivity contribution in [2.75, 3.05) is 5.32 Å². The molecule has 2 aromatic rings. The summed E-state index contributed by atoms with van der Waals surface area (Å²) in [4.78, 5) is 4.27. The monoisotopic (exact) mass is 210 g/mol. The highest BCUT2D eigenvalue weighted by molar-refractivity contribution is 7.09. The molecule has 2 N–H and O–H groups in total. The summed E-state index contributed by atoms with van der Waals surface area (Å²) in [6.45, 7) is 2.65. The lowest BCUT2D eigenvalue weighted by atomic mass is 10.5. The second-order valence-electron chi connectivity index (χ2n) is 2.68. The van der Waals surface area contributed by atoms with Crippen molar-refractivity contribution < 1.29 is 0 Å². The number of H-pyrrole nitrogens is 1. The zero-order valence-electron chi connectivity index (χ0n) is 7.69. The molecule has 2 aromatic heterocycles. The second kappa shape index (κ2) is 4.14. The largest absolute Gasteiger partial charge is 0.354 e. The average molecular weight is 210 g/mol. The molecule has 0 atom stereocenters. The Balaban J connectivity index is 1.92. The van der Waals surface area contributed by atoms with Crippen LogP contribution in [0, 0.1) is 0 Å². The minimum absolute atomic E-state index is 0.620. The van der Waals surface area contributed by atoms with Crippen LogP contribution in [0.3, 0.4) is 0 Å². The maximum Gasteiger partial charge on any atom is 0.202 e. The van der Waals surface area contributed by atoms with Crippen LogP contribution in [0.25, 0.3) is 0 Å². The number of aromatic amines is 1. The van der Waals surface area contributed by atoms with Crippen molar-refractivity contribution in [2.45, 2.75) is 19.9 Å². The fraction of sp³-hybridized carbons (Fsp3) is 0.429. The summed E-state index contributed by atoms with van der Waals surface area (Å²) in [5.41, 5.74) is 0.859. The Hall–Kier alpha value is -1.50. The van der Waals surface area contributed by atoms with Crippen molar-refractivity contribution in [3.8, 4) is 0 Å². The molecule has 6 nitrogen and oxygen atoms in total. The molecule has 0 aliphatic carbocycles. The number of aromatic nitrogens is 5. The molecular weight excluding hydrogens is 200 g/mol. The average Bonchev–Trinajstić information content (AvgIpc) is 2.86. The maximum atomic E-state index is 4.27. The molecule has 0 bridgehead atoms. The van der Waals surface area contributed by atoms with Gasteiger partial charge >= 0.3 is 0 Å². The lowest BCUT2D eigenvalue weighted by Crippen LogP contribution is -1.99. The van der Waals surface area contributed by atoms with E-state index in [1.54, 1.807) is 6.20 Å². The first kappa shape index (κ1) is 9.07. The third-order valence-electron chi connectivity index (χ3n) is 1.67. The van der Waals surface area contributed by atoms with Gasteiger partial charge in [-0.05, 0) is 0 Å².